The first-order valence-electron chi connectivity index (χ1n) is 7.21. The second-order valence-electron chi connectivity index (χ2n) is 5.32. The number of halogens is 2. The van der Waals surface area contributed by atoms with Gasteiger partial charge in [0.15, 0.2) is 0 Å². The zero-order valence-electron chi connectivity index (χ0n) is 12.5. The second kappa shape index (κ2) is 7.11. The van der Waals surface area contributed by atoms with Crippen LogP contribution in [0.3, 0.4) is 0 Å². The lowest BCUT2D eigenvalue weighted by Crippen LogP contribution is -2.36. The van der Waals surface area contributed by atoms with Crippen LogP contribution in [0.25, 0.3) is 0 Å². The Hall–Kier alpha value is -1.24. The third kappa shape index (κ3) is 3.65. The average molecular weight is 416 g/mol. The van der Waals surface area contributed by atoms with Crippen molar-refractivity contribution in [1.82, 2.24) is 5.32 Å². The van der Waals surface area contributed by atoms with Gasteiger partial charge in [-0.1, -0.05) is 11.6 Å². The number of hydrogen-bond donors (Lipinski definition) is 1. The summed E-state index contributed by atoms with van der Waals surface area (Å²) >= 11 is 10.9. The molecule has 23 heavy (non-hydrogen) atoms. The third-order valence-corrected chi connectivity index (χ3v) is 5.90. The number of carbonyl (C=O) groups is 1. The number of methoxy groups -OCH3 is 1. The highest BCUT2D eigenvalue weighted by Crippen LogP contribution is 2.33. The van der Waals surface area contributed by atoms with Gasteiger partial charge in [0, 0.05) is 28.6 Å². The normalized spacial score (nSPS) is 17.3. The quantitative estimate of drug-likeness (QED) is 0.814. The van der Waals surface area contributed by atoms with Crippen LogP contribution in [0.1, 0.15) is 16.1 Å². The monoisotopic (exact) mass is 414 g/mol. The molecule has 1 aromatic carbocycles. The predicted octanol–water partition coefficient (Wildman–Crippen LogP) is 4.18. The molecule has 1 unspecified atom stereocenters. The molecule has 0 bridgehead atoms. The van der Waals surface area contributed by atoms with E-state index in [0.717, 1.165) is 35.4 Å². The minimum absolute atomic E-state index is 0.0308. The van der Waals surface area contributed by atoms with Crippen molar-refractivity contribution in [3.63, 3.8) is 0 Å². The Bertz CT molecular complexity index is 722. The highest BCUT2D eigenvalue weighted by Gasteiger charge is 2.27. The van der Waals surface area contributed by atoms with E-state index in [1.54, 1.807) is 7.11 Å². The highest BCUT2D eigenvalue weighted by molar-refractivity contribution is 9.10. The fourth-order valence-corrected chi connectivity index (χ4v) is 4.33. The SMILES string of the molecule is COc1ccc(Cl)cc1N1CCC(NC(=O)c2sccc2Br)C1. The summed E-state index contributed by atoms with van der Waals surface area (Å²) in [7, 11) is 1.65. The summed E-state index contributed by atoms with van der Waals surface area (Å²) in [5.74, 6) is 0.763. The van der Waals surface area contributed by atoms with Crippen molar-refractivity contribution in [3.05, 3.63) is 44.0 Å². The summed E-state index contributed by atoms with van der Waals surface area (Å²) in [4.78, 5) is 15.2. The third-order valence-electron chi connectivity index (χ3n) is 3.83. The van der Waals surface area contributed by atoms with Gasteiger partial charge in [-0.25, -0.2) is 0 Å². The van der Waals surface area contributed by atoms with E-state index in [-0.39, 0.29) is 11.9 Å². The number of rotatable bonds is 4. The lowest BCUT2D eigenvalue weighted by Gasteiger charge is -2.21. The maximum absolute atomic E-state index is 12.3. The molecule has 1 fully saturated rings. The molecule has 0 radical (unpaired) electrons. The molecule has 0 aliphatic carbocycles. The van der Waals surface area contributed by atoms with E-state index < -0.39 is 0 Å². The lowest BCUT2D eigenvalue weighted by molar-refractivity contribution is 0.0944. The topological polar surface area (TPSA) is 41.6 Å². The van der Waals surface area contributed by atoms with E-state index >= 15 is 0 Å². The Morgan fingerprint density at radius 1 is 1.48 bits per heavy atom. The number of ether oxygens (including phenoxy) is 1. The van der Waals surface area contributed by atoms with E-state index in [2.05, 4.69) is 26.1 Å². The molecule has 3 rings (SSSR count). The molecule has 1 aliphatic rings. The molecule has 7 heteroatoms. The number of anilines is 1. The molecule has 1 aromatic heterocycles. The summed E-state index contributed by atoms with van der Waals surface area (Å²) in [6, 6.07) is 7.58. The Morgan fingerprint density at radius 2 is 2.30 bits per heavy atom. The molecule has 0 saturated carbocycles. The van der Waals surface area contributed by atoms with Crippen molar-refractivity contribution in [2.24, 2.45) is 0 Å². The number of carbonyl (C=O) groups excluding carboxylic acids is 1. The number of thiophene rings is 1. The first-order chi connectivity index (χ1) is 11.1. The van der Waals surface area contributed by atoms with Crippen LogP contribution in [-0.4, -0.2) is 32.1 Å². The van der Waals surface area contributed by atoms with E-state index in [1.807, 2.05) is 29.6 Å². The van der Waals surface area contributed by atoms with Gasteiger partial charge in [0.1, 0.15) is 10.6 Å². The van der Waals surface area contributed by atoms with Crippen LogP contribution in [0.2, 0.25) is 5.02 Å². The fourth-order valence-electron chi connectivity index (χ4n) is 2.71. The molecule has 0 spiro atoms. The second-order valence-corrected chi connectivity index (χ2v) is 7.53. The van der Waals surface area contributed by atoms with E-state index in [4.69, 9.17) is 16.3 Å². The van der Waals surface area contributed by atoms with Crippen LogP contribution in [-0.2, 0) is 0 Å². The largest absolute Gasteiger partial charge is 0.495 e. The van der Waals surface area contributed by atoms with Crippen molar-refractivity contribution in [2.45, 2.75) is 12.5 Å². The first-order valence-corrected chi connectivity index (χ1v) is 9.26. The molecule has 1 aliphatic heterocycles. The average Bonchev–Trinajstić information content (AvgIpc) is 3.16. The Labute approximate surface area is 152 Å². The summed E-state index contributed by atoms with van der Waals surface area (Å²) in [6.45, 7) is 1.60. The van der Waals surface area contributed by atoms with Crippen LogP contribution in [0.15, 0.2) is 34.1 Å². The molecule has 2 heterocycles. The molecular formula is C16H16BrClN2O2S. The summed E-state index contributed by atoms with van der Waals surface area (Å²) in [5, 5.41) is 5.68. The van der Waals surface area contributed by atoms with Crippen LogP contribution >= 0.6 is 38.9 Å². The molecule has 1 saturated heterocycles. The van der Waals surface area contributed by atoms with Crippen LogP contribution in [0.4, 0.5) is 5.69 Å². The van der Waals surface area contributed by atoms with Gasteiger partial charge in [0.25, 0.3) is 5.91 Å². The molecule has 122 valence electrons. The number of amides is 1. The van der Waals surface area contributed by atoms with Crippen molar-refractivity contribution in [1.29, 1.82) is 0 Å². The zero-order chi connectivity index (χ0) is 16.4. The van der Waals surface area contributed by atoms with Crippen molar-refractivity contribution >= 4 is 50.5 Å². The Kier molecular flexibility index (Phi) is 5.14. The van der Waals surface area contributed by atoms with Crippen molar-refractivity contribution in [3.8, 4) is 5.75 Å². The van der Waals surface area contributed by atoms with Gasteiger partial charge in [-0.15, -0.1) is 11.3 Å². The molecular weight excluding hydrogens is 400 g/mol. The molecule has 1 N–H and O–H groups in total. The highest BCUT2D eigenvalue weighted by atomic mass is 79.9. The fraction of sp³-hybridized carbons (Fsp3) is 0.312. The van der Waals surface area contributed by atoms with Crippen LogP contribution in [0, 0.1) is 0 Å². The van der Waals surface area contributed by atoms with Gasteiger partial charge in [-0.2, -0.15) is 0 Å². The smallest absolute Gasteiger partial charge is 0.262 e. The standard InChI is InChI=1S/C16H16BrClN2O2S/c1-22-14-3-2-10(18)8-13(14)20-6-4-11(9-20)19-16(21)15-12(17)5-7-23-15/h2-3,5,7-8,11H,4,6,9H2,1H3,(H,19,21). The van der Waals surface area contributed by atoms with Crippen LogP contribution < -0.4 is 15.0 Å². The van der Waals surface area contributed by atoms with Crippen molar-refractivity contribution in [2.75, 3.05) is 25.1 Å². The van der Waals surface area contributed by atoms with Gasteiger partial charge in [0.2, 0.25) is 0 Å². The van der Waals surface area contributed by atoms with Gasteiger partial charge >= 0.3 is 0 Å². The molecule has 2 aromatic rings. The van der Waals surface area contributed by atoms with Gasteiger partial charge in [-0.3, -0.25) is 4.79 Å². The van der Waals surface area contributed by atoms with Crippen LogP contribution in [0.5, 0.6) is 5.75 Å². The lowest BCUT2D eigenvalue weighted by atomic mass is 10.2. The molecule has 1 atom stereocenters. The maximum Gasteiger partial charge on any atom is 0.262 e. The van der Waals surface area contributed by atoms with Crippen molar-refractivity contribution < 1.29 is 9.53 Å². The summed E-state index contributed by atoms with van der Waals surface area (Å²) < 4.78 is 6.25. The summed E-state index contributed by atoms with van der Waals surface area (Å²) in [6.07, 6.45) is 0.893. The van der Waals surface area contributed by atoms with Gasteiger partial charge in [-0.05, 0) is 52.0 Å². The van der Waals surface area contributed by atoms with E-state index in [0.29, 0.717) is 9.90 Å². The minimum Gasteiger partial charge on any atom is -0.495 e. The maximum atomic E-state index is 12.3. The predicted molar refractivity (Wildman–Crippen MR) is 98.1 cm³/mol. The number of benzene rings is 1. The molecule has 4 nitrogen and oxygen atoms in total. The summed E-state index contributed by atoms with van der Waals surface area (Å²) in [5.41, 5.74) is 0.967. The number of hydrogen-bond acceptors (Lipinski definition) is 4. The first kappa shape index (κ1) is 16.6. The van der Waals surface area contributed by atoms with E-state index in [9.17, 15) is 4.79 Å². The van der Waals surface area contributed by atoms with Gasteiger partial charge < -0.3 is 15.0 Å². The van der Waals surface area contributed by atoms with Gasteiger partial charge in [0.05, 0.1) is 12.8 Å². The van der Waals surface area contributed by atoms with E-state index in [1.165, 1.54) is 11.3 Å². The number of nitrogens with one attached hydrogen (secondary N) is 1. The molecule has 1 amide bonds. The Balaban J connectivity index is 1.68. The number of nitrogens with zero attached hydrogens (tertiary/aromatic N) is 1. The zero-order valence-corrected chi connectivity index (χ0v) is 15.7. The Morgan fingerprint density at radius 3 is 3.00 bits per heavy atom. The minimum atomic E-state index is -0.0308.